The third-order valence-electron chi connectivity index (χ3n) is 4.45. The Morgan fingerprint density at radius 2 is 1.68 bits per heavy atom. The molecule has 3 nitrogen and oxygen atoms in total. The van der Waals surface area contributed by atoms with Crippen LogP contribution in [0.15, 0.2) is 67.0 Å². The first-order chi connectivity index (χ1) is 12.0. The van der Waals surface area contributed by atoms with E-state index in [4.69, 9.17) is 0 Å². The number of nitrogens with zero attached hydrogens (tertiary/aromatic N) is 1. The lowest BCUT2D eigenvalue weighted by atomic mass is 10.0. The van der Waals surface area contributed by atoms with Gasteiger partial charge in [-0.05, 0) is 50.1 Å². The van der Waals surface area contributed by atoms with E-state index in [1.807, 2.05) is 49.6 Å². The number of benzene rings is 2. The molecule has 0 fully saturated rings. The number of carbonyl (C=O) groups is 1. The van der Waals surface area contributed by atoms with Crippen LogP contribution in [0.3, 0.4) is 0 Å². The average molecular weight is 332 g/mol. The second-order valence-corrected chi connectivity index (χ2v) is 6.63. The number of aromatic nitrogens is 1. The first-order valence-corrected chi connectivity index (χ1v) is 8.59. The van der Waals surface area contributed by atoms with Crippen LogP contribution >= 0.6 is 0 Å². The Morgan fingerprint density at radius 3 is 2.36 bits per heavy atom. The molecule has 0 aliphatic rings. The molecule has 3 rings (SSSR count). The molecule has 3 heteroatoms. The van der Waals surface area contributed by atoms with Crippen molar-refractivity contribution < 1.29 is 4.79 Å². The smallest absolute Gasteiger partial charge is 0.226 e. The minimum atomic E-state index is -0.0133. The Bertz CT molecular complexity index is 865. The summed E-state index contributed by atoms with van der Waals surface area (Å²) in [5.41, 5.74) is 5.50. The molecule has 2 aromatic carbocycles. The fraction of sp³-hybridized carbons (Fsp3) is 0.227. The van der Waals surface area contributed by atoms with Crippen LogP contribution in [0.2, 0.25) is 0 Å². The van der Waals surface area contributed by atoms with E-state index in [-0.39, 0.29) is 11.9 Å². The highest BCUT2D eigenvalue weighted by molar-refractivity contribution is 5.92. The van der Waals surface area contributed by atoms with Crippen LogP contribution < -0.4 is 5.32 Å². The summed E-state index contributed by atoms with van der Waals surface area (Å²) in [7, 11) is 0. The minimum Gasteiger partial charge on any atom is -0.346 e. The molecule has 128 valence electrons. The Balaban J connectivity index is 1.82. The summed E-state index contributed by atoms with van der Waals surface area (Å²) < 4.78 is 2.09. The molecule has 1 unspecified atom stereocenters. The standard InChI is InChI=1S/C22H24N2O/c1-16-7-6-8-19(14-16)21(24-11-4-5-12-24)15-22(25)23-20-10-9-17(2)13-18(20)3/h4-14,21H,15H2,1-3H3,(H,23,25). The number of rotatable bonds is 5. The van der Waals surface area contributed by atoms with E-state index in [0.717, 1.165) is 16.8 Å². The van der Waals surface area contributed by atoms with Gasteiger partial charge in [-0.1, -0.05) is 47.5 Å². The van der Waals surface area contributed by atoms with Crippen molar-refractivity contribution in [3.63, 3.8) is 0 Å². The molecule has 0 spiro atoms. The van der Waals surface area contributed by atoms with E-state index in [9.17, 15) is 4.79 Å². The van der Waals surface area contributed by atoms with Gasteiger partial charge in [0.25, 0.3) is 0 Å². The molecular weight excluding hydrogens is 308 g/mol. The molecule has 0 radical (unpaired) electrons. The van der Waals surface area contributed by atoms with Crippen molar-refractivity contribution in [3.05, 3.63) is 89.2 Å². The van der Waals surface area contributed by atoms with Crippen molar-refractivity contribution in [3.8, 4) is 0 Å². The van der Waals surface area contributed by atoms with E-state index in [0.29, 0.717) is 6.42 Å². The van der Waals surface area contributed by atoms with Gasteiger partial charge in [0.05, 0.1) is 12.5 Å². The predicted octanol–water partition coefficient (Wildman–Crippen LogP) is 5.03. The summed E-state index contributed by atoms with van der Waals surface area (Å²) in [6.45, 7) is 6.15. The summed E-state index contributed by atoms with van der Waals surface area (Å²) in [6.07, 6.45) is 4.42. The van der Waals surface area contributed by atoms with E-state index >= 15 is 0 Å². The number of carbonyl (C=O) groups excluding carboxylic acids is 1. The monoisotopic (exact) mass is 332 g/mol. The van der Waals surface area contributed by atoms with Gasteiger partial charge >= 0.3 is 0 Å². The van der Waals surface area contributed by atoms with Gasteiger partial charge in [-0.2, -0.15) is 0 Å². The number of amides is 1. The van der Waals surface area contributed by atoms with Crippen LogP contribution in [0.25, 0.3) is 0 Å². The highest BCUT2D eigenvalue weighted by atomic mass is 16.1. The van der Waals surface area contributed by atoms with Gasteiger partial charge in [-0.25, -0.2) is 0 Å². The second-order valence-electron chi connectivity index (χ2n) is 6.63. The molecular formula is C22H24N2O. The van der Waals surface area contributed by atoms with Crippen LogP contribution in [0.5, 0.6) is 0 Å². The van der Waals surface area contributed by atoms with Crippen LogP contribution in [0, 0.1) is 20.8 Å². The molecule has 0 aliphatic carbocycles. The highest BCUT2D eigenvalue weighted by Gasteiger charge is 2.18. The summed E-state index contributed by atoms with van der Waals surface area (Å²) in [5.74, 6) is 0.0205. The van der Waals surface area contributed by atoms with Gasteiger partial charge in [0.2, 0.25) is 5.91 Å². The topological polar surface area (TPSA) is 34.0 Å². The van der Waals surface area contributed by atoms with Gasteiger partial charge in [-0.15, -0.1) is 0 Å². The van der Waals surface area contributed by atoms with E-state index in [1.165, 1.54) is 11.1 Å². The minimum absolute atomic E-state index is 0.0133. The molecule has 1 amide bonds. The first-order valence-electron chi connectivity index (χ1n) is 8.59. The zero-order valence-electron chi connectivity index (χ0n) is 15.0. The van der Waals surface area contributed by atoms with Crippen molar-refractivity contribution in [2.45, 2.75) is 33.2 Å². The molecule has 0 aliphatic heterocycles. The zero-order valence-corrected chi connectivity index (χ0v) is 15.0. The van der Waals surface area contributed by atoms with Gasteiger partial charge < -0.3 is 9.88 Å². The van der Waals surface area contributed by atoms with Gasteiger partial charge in [0.15, 0.2) is 0 Å². The predicted molar refractivity (Wildman–Crippen MR) is 103 cm³/mol. The lowest BCUT2D eigenvalue weighted by Gasteiger charge is -2.20. The van der Waals surface area contributed by atoms with Crippen molar-refractivity contribution >= 4 is 11.6 Å². The molecule has 0 saturated carbocycles. The van der Waals surface area contributed by atoms with Crippen molar-refractivity contribution in [2.24, 2.45) is 0 Å². The number of hydrogen-bond acceptors (Lipinski definition) is 1. The largest absolute Gasteiger partial charge is 0.346 e. The molecule has 0 saturated heterocycles. The molecule has 3 aromatic rings. The maximum absolute atomic E-state index is 12.7. The van der Waals surface area contributed by atoms with Gasteiger partial charge in [0, 0.05) is 18.1 Å². The molecule has 1 atom stereocenters. The molecule has 1 heterocycles. The fourth-order valence-corrected chi connectivity index (χ4v) is 3.16. The SMILES string of the molecule is Cc1cccc(C(CC(=O)Nc2ccc(C)cc2C)n2cccc2)c1. The fourth-order valence-electron chi connectivity index (χ4n) is 3.16. The molecule has 1 N–H and O–H groups in total. The Hall–Kier alpha value is -2.81. The number of nitrogens with one attached hydrogen (secondary N) is 1. The summed E-state index contributed by atoms with van der Waals surface area (Å²) in [6, 6.07) is 18.4. The Morgan fingerprint density at radius 1 is 0.960 bits per heavy atom. The first kappa shape index (κ1) is 17.0. The summed E-state index contributed by atoms with van der Waals surface area (Å²) in [5, 5.41) is 3.06. The number of aryl methyl sites for hydroxylation is 3. The Labute approximate surface area is 149 Å². The second kappa shape index (κ2) is 7.39. The number of anilines is 1. The highest BCUT2D eigenvalue weighted by Crippen LogP contribution is 2.24. The summed E-state index contributed by atoms with van der Waals surface area (Å²) >= 11 is 0. The third kappa shape index (κ3) is 4.18. The van der Waals surface area contributed by atoms with Crippen LogP contribution in [-0.2, 0) is 4.79 Å². The Kier molecular flexibility index (Phi) is 5.03. The maximum Gasteiger partial charge on any atom is 0.226 e. The lowest BCUT2D eigenvalue weighted by Crippen LogP contribution is -2.20. The van der Waals surface area contributed by atoms with Crippen molar-refractivity contribution in [1.82, 2.24) is 4.57 Å². The average Bonchev–Trinajstić information content (AvgIpc) is 3.09. The lowest BCUT2D eigenvalue weighted by molar-refractivity contribution is -0.116. The van der Waals surface area contributed by atoms with Crippen LogP contribution in [-0.4, -0.2) is 10.5 Å². The number of hydrogen-bond donors (Lipinski definition) is 1. The quantitative estimate of drug-likeness (QED) is 0.698. The normalized spacial score (nSPS) is 12.0. The molecule has 0 bridgehead atoms. The zero-order chi connectivity index (χ0) is 17.8. The molecule has 25 heavy (non-hydrogen) atoms. The van der Waals surface area contributed by atoms with Gasteiger partial charge in [-0.3, -0.25) is 4.79 Å². The summed E-state index contributed by atoms with van der Waals surface area (Å²) in [4.78, 5) is 12.7. The van der Waals surface area contributed by atoms with Crippen LogP contribution in [0.4, 0.5) is 5.69 Å². The van der Waals surface area contributed by atoms with Crippen molar-refractivity contribution in [2.75, 3.05) is 5.32 Å². The van der Waals surface area contributed by atoms with Gasteiger partial charge in [0.1, 0.15) is 0 Å². The third-order valence-corrected chi connectivity index (χ3v) is 4.45. The van der Waals surface area contributed by atoms with Crippen LogP contribution in [0.1, 0.15) is 34.7 Å². The van der Waals surface area contributed by atoms with E-state index in [1.54, 1.807) is 0 Å². The molecule has 1 aromatic heterocycles. The van der Waals surface area contributed by atoms with E-state index in [2.05, 4.69) is 48.0 Å². The maximum atomic E-state index is 12.7. The van der Waals surface area contributed by atoms with Crippen molar-refractivity contribution in [1.29, 1.82) is 0 Å². The van der Waals surface area contributed by atoms with E-state index < -0.39 is 0 Å².